The molecular formula is C17H24ClNO4. The fraction of sp³-hybridized carbons (Fsp3) is 0.529. The largest absolute Gasteiger partial charge is 0.482 e. The summed E-state index contributed by atoms with van der Waals surface area (Å²) >= 11 is 6.13. The van der Waals surface area contributed by atoms with Crippen molar-refractivity contribution in [3.05, 3.63) is 28.3 Å². The fourth-order valence-electron chi connectivity index (χ4n) is 1.89. The topological polar surface area (TPSA) is 64.6 Å². The number of ether oxygens (including phenoxy) is 2. The zero-order chi connectivity index (χ0) is 17.4. The first-order valence-corrected chi connectivity index (χ1v) is 8.08. The summed E-state index contributed by atoms with van der Waals surface area (Å²) in [5, 5.41) is 3.29. The quantitative estimate of drug-likeness (QED) is 0.737. The number of amides is 1. The van der Waals surface area contributed by atoms with Crippen LogP contribution in [0.1, 0.15) is 44.2 Å². The summed E-state index contributed by atoms with van der Waals surface area (Å²) in [6, 6.07) is 3.65. The molecule has 0 saturated carbocycles. The number of carbonyl (C=O) groups is 2. The Kier molecular flexibility index (Phi) is 7.89. The van der Waals surface area contributed by atoms with Crippen LogP contribution in [0.25, 0.3) is 0 Å². The van der Waals surface area contributed by atoms with Gasteiger partial charge in [-0.25, -0.2) is 4.79 Å². The summed E-state index contributed by atoms with van der Waals surface area (Å²) in [6.45, 7) is 7.88. The summed E-state index contributed by atoms with van der Waals surface area (Å²) in [5.74, 6) is -0.0856. The molecule has 0 aliphatic heterocycles. The van der Waals surface area contributed by atoms with Crippen LogP contribution in [0, 0.1) is 6.92 Å². The van der Waals surface area contributed by atoms with Crippen molar-refractivity contribution in [2.75, 3.05) is 19.8 Å². The molecule has 0 saturated heterocycles. The van der Waals surface area contributed by atoms with Gasteiger partial charge in [0, 0.05) is 11.6 Å². The average molecular weight is 342 g/mol. The first-order chi connectivity index (χ1) is 10.8. The average Bonchev–Trinajstić information content (AvgIpc) is 2.51. The Hall–Kier alpha value is -1.75. The van der Waals surface area contributed by atoms with Crippen LogP contribution < -0.4 is 10.1 Å². The molecule has 23 heavy (non-hydrogen) atoms. The fourth-order valence-corrected chi connectivity index (χ4v) is 2.06. The second-order valence-corrected chi connectivity index (χ2v) is 6.00. The van der Waals surface area contributed by atoms with Gasteiger partial charge in [-0.1, -0.05) is 32.4 Å². The predicted molar refractivity (Wildman–Crippen MR) is 90.0 cm³/mol. The van der Waals surface area contributed by atoms with Gasteiger partial charge >= 0.3 is 5.97 Å². The predicted octanol–water partition coefficient (Wildman–Crippen LogP) is 3.22. The summed E-state index contributed by atoms with van der Waals surface area (Å²) in [7, 11) is 0. The van der Waals surface area contributed by atoms with E-state index in [0.717, 1.165) is 17.5 Å². The minimum Gasteiger partial charge on any atom is -0.482 e. The van der Waals surface area contributed by atoms with Gasteiger partial charge in [0.25, 0.3) is 5.91 Å². The monoisotopic (exact) mass is 341 g/mol. The van der Waals surface area contributed by atoms with Crippen LogP contribution >= 0.6 is 11.6 Å². The molecule has 6 heteroatoms. The van der Waals surface area contributed by atoms with Crippen molar-refractivity contribution in [2.45, 2.75) is 40.0 Å². The van der Waals surface area contributed by atoms with Gasteiger partial charge in [0.05, 0.1) is 0 Å². The SMILES string of the molecule is CCCNC(=O)COC(=O)COc1cc(C)c(Cl)cc1C(C)C. The summed E-state index contributed by atoms with van der Waals surface area (Å²) in [5.41, 5.74) is 1.80. The maximum Gasteiger partial charge on any atom is 0.344 e. The van der Waals surface area contributed by atoms with Crippen LogP contribution in [0.15, 0.2) is 12.1 Å². The van der Waals surface area contributed by atoms with Crippen LogP contribution in [0.5, 0.6) is 5.75 Å². The van der Waals surface area contributed by atoms with E-state index in [1.54, 1.807) is 6.07 Å². The number of hydrogen-bond donors (Lipinski definition) is 1. The van der Waals surface area contributed by atoms with Gasteiger partial charge in [0.2, 0.25) is 0 Å². The molecule has 1 rings (SSSR count). The van der Waals surface area contributed by atoms with Gasteiger partial charge in [0.1, 0.15) is 5.75 Å². The van der Waals surface area contributed by atoms with Crippen LogP contribution in [0.3, 0.4) is 0 Å². The minimum atomic E-state index is -0.584. The van der Waals surface area contributed by atoms with Gasteiger partial charge in [0.15, 0.2) is 13.2 Å². The normalized spacial score (nSPS) is 10.5. The molecule has 0 aliphatic carbocycles. The molecule has 0 aromatic heterocycles. The number of rotatable bonds is 8. The van der Waals surface area contributed by atoms with E-state index in [1.807, 2.05) is 33.8 Å². The number of benzene rings is 1. The van der Waals surface area contributed by atoms with Crippen LogP contribution in [-0.4, -0.2) is 31.6 Å². The maximum absolute atomic E-state index is 11.7. The molecule has 128 valence electrons. The third kappa shape index (κ3) is 6.48. The second kappa shape index (κ2) is 9.40. The Bertz CT molecular complexity index is 558. The molecule has 0 radical (unpaired) electrons. The molecule has 1 amide bonds. The molecule has 0 fully saturated rings. The van der Waals surface area contributed by atoms with Crippen molar-refractivity contribution in [3.8, 4) is 5.75 Å². The summed E-state index contributed by atoms with van der Waals surface area (Å²) in [4.78, 5) is 23.0. The highest BCUT2D eigenvalue weighted by molar-refractivity contribution is 6.31. The number of halogens is 1. The molecular weight excluding hydrogens is 318 g/mol. The van der Waals surface area contributed by atoms with E-state index < -0.39 is 5.97 Å². The highest BCUT2D eigenvalue weighted by Gasteiger charge is 2.14. The molecule has 5 nitrogen and oxygen atoms in total. The first kappa shape index (κ1) is 19.3. The van der Waals surface area contributed by atoms with Gasteiger partial charge in [-0.05, 0) is 42.5 Å². The van der Waals surface area contributed by atoms with E-state index in [1.165, 1.54) is 0 Å². The van der Waals surface area contributed by atoms with E-state index in [9.17, 15) is 9.59 Å². The molecule has 0 heterocycles. The lowest BCUT2D eigenvalue weighted by Crippen LogP contribution is -2.30. The summed E-state index contributed by atoms with van der Waals surface area (Å²) in [6.07, 6.45) is 0.830. The molecule has 0 bridgehead atoms. The number of hydrogen-bond acceptors (Lipinski definition) is 4. The smallest absolute Gasteiger partial charge is 0.344 e. The molecule has 0 spiro atoms. The Morgan fingerprint density at radius 1 is 1.26 bits per heavy atom. The molecule has 1 N–H and O–H groups in total. The number of aryl methyl sites for hydroxylation is 1. The lowest BCUT2D eigenvalue weighted by Gasteiger charge is -2.15. The van der Waals surface area contributed by atoms with Gasteiger partial charge in [-0.15, -0.1) is 0 Å². The van der Waals surface area contributed by atoms with Crippen molar-refractivity contribution < 1.29 is 19.1 Å². The third-order valence-corrected chi connectivity index (χ3v) is 3.60. The molecule has 0 atom stereocenters. The van der Waals surface area contributed by atoms with E-state index in [4.69, 9.17) is 21.1 Å². The zero-order valence-electron chi connectivity index (χ0n) is 14.1. The number of nitrogens with one attached hydrogen (secondary N) is 1. The lowest BCUT2D eigenvalue weighted by atomic mass is 10.0. The Balaban J connectivity index is 2.56. The van der Waals surface area contributed by atoms with Crippen molar-refractivity contribution in [2.24, 2.45) is 0 Å². The lowest BCUT2D eigenvalue weighted by molar-refractivity contribution is -0.150. The zero-order valence-corrected chi connectivity index (χ0v) is 14.8. The van der Waals surface area contributed by atoms with Crippen molar-refractivity contribution >= 4 is 23.5 Å². The van der Waals surface area contributed by atoms with E-state index in [0.29, 0.717) is 17.3 Å². The Morgan fingerprint density at radius 2 is 1.96 bits per heavy atom. The molecule has 0 aliphatic rings. The number of esters is 1. The second-order valence-electron chi connectivity index (χ2n) is 5.59. The van der Waals surface area contributed by atoms with Crippen molar-refractivity contribution in [1.29, 1.82) is 0 Å². The van der Waals surface area contributed by atoms with Crippen molar-refractivity contribution in [1.82, 2.24) is 5.32 Å². The highest BCUT2D eigenvalue weighted by Crippen LogP contribution is 2.31. The standard InChI is InChI=1S/C17H24ClNO4/c1-5-6-19-16(20)9-23-17(21)10-22-15-7-12(4)14(18)8-13(15)11(2)3/h7-8,11H,5-6,9-10H2,1-4H3,(H,19,20). The molecule has 1 aromatic carbocycles. The van der Waals surface area contributed by atoms with Crippen LogP contribution in [0.2, 0.25) is 5.02 Å². The van der Waals surface area contributed by atoms with Gasteiger partial charge in [-0.2, -0.15) is 0 Å². The van der Waals surface area contributed by atoms with E-state index in [-0.39, 0.29) is 25.0 Å². The molecule has 1 aromatic rings. The van der Waals surface area contributed by atoms with Crippen LogP contribution in [0.4, 0.5) is 0 Å². The Morgan fingerprint density at radius 3 is 2.57 bits per heavy atom. The maximum atomic E-state index is 11.7. The third-order valence-electron chi connectivity index (χ3n) is 3.20. The van der Waals surface area contributed by atoms with Crippen LogP contribution in [-0.2, 0) is 14.3 Å². The summed E-state index contributed by atoms with van der Waals surface area (Å²) < 4.78 is 10.4. The Labute approximate surface area is 142 Å². The van der Waals surface area contributed by atoms with E-state index in [2.05, 4.69) is 5.32 Å². The van der Waals surface area contributed by atoms with Gasteiger partial charge < -0.3 is 14.8 Å². The highest BCUT2D eigenvalue weighted by atomic mass is 35.5. The first-order valence-electron chi connectivity index (χ1n) is 7.70. The van der Waals surface area contributed by atoms with E-state index >= 15 is 0 Å². The van der Waals surface area contributed by atoms with Gasteiger partial charge in [-0.3, -0.25) is 4.79 Å². The molecule has 0 unspecified atom stereocenters. The van der Waals surface area contributed by atoms with Crippen molar-refractivity contribution in [3.63, 3.8) is 0 Å². The minimum absolute atomic E-state index is 0.207. The number of carbonyl (C=O) groups excluding carboxylic acids is 2.